The zero-order chi connectivity index (χ0) is 29.4. The minimum Gasteiger partial charge on any atom is -0.312 e. The lowest BCUT2D eigenvalue weighted by Crippen LogP contribution is -2.48. The van der Waals surface area contributed by atoms with E-state index in [1.165, 1.54) is 13.8 Å². The summed E-state index contributed by atoms with van der Waals surface area (Å²) in [7, 11) is 0. The number of para-hydroxylation sites is 2. The van der Waals surface area contributed by atoms with Crippen molar-refractivity contribution in [3.63, 3.8) is 0 Å². The Morgan fingerprint density at radius 3 is 1.24 bits per heavy atom. The topological polar surface area (TPSA) is 81.2 Å². The molecule has 4 aromatic carbocycles. The van der Waals surface area contributed by atoms with Gasteiger partial charge in [-0.1, -0.05) is 72.8 Å². The van der Waals surface area contributed by atoms with Gasteiger partial charge >= 0.3 is 0 Å². The molecule has 0 unspecified atom stereocenters. The van der Waals surface area contributed by atoms with Crippen LogP contribution in [-0.4, -0.2) is 46.5 Å². The Morgan fingerprint density at radius 2 is 0.881 bits per heavy atom. The second-order valence-corrected chi connectivity index (χ2v) is 10.4. The van der Waals surface area contributed by atoms with E-state index in [1.807, 2.05) is 84.9 Å². The van der Waals surface area contributed by atoms with Crippen LogP contribution < -0.4 is 9.80 Å². The Morgan fingerprint density at radius 1 is 0.548 bits per heavy atom. The molecule has 4 amide bonds. The summed E-state index contributed by atoms with van der Waals surface area (Å²) < 4.78 is 0. The smallest absolute Gasteiger partial charge is 0.256 e. The molecule has 210 valence electrons. The second kappa shape index (κ2) is 11.0. The van der Waals surface area contributed by atoms with Crippen molar-refractivity contribution in [3.8, 4) is 0 Å². The fourth-order valence-corrected chi connectivity index (χ4v) is 6.09. The number of hydrogen-bond acceptors (Lipinski definition) is 4. The molecule has 0 aromatic heterocycles. The molecule has 0 radical (unpaired) electrons. The summed E-state index contributed by atoms with van der Waals surface area (Å²) in [5, 5.41) is 0. The SMILES string of the molecule is CC(=O)N(c1ccccc1)[C@H]1c2ccccc2C(=O)N1CCN1C(=O)c2ccccc2[C@@H]1N(C(C)=O)c1ccccc1. The van der Waals surface area contributed by atoms with E-state index in [9.17, 15) is 19.2 Å². The van der Waals surface area contributed by atoms with Crippen molar-refractivity contribution < 1.29 is 19.2 Å². The Bertz CT molecular complexity index is 1550. The van der Waals surface area contributed by atoms with Crippen molar-refractivity contribution in [3.05, 3.63) is 131 Å². The summed E-state index contributed by atoms with van der Waals surface area (Å²) in [5.74, 6) is -0.861. The van der Waals surface area contributed by atoms with Crippen LogP contribution in [0.4, 0.5) is 11.4 Å². The Labute approximate surface area is 244 Å². The Balaban J connectivity index is 1.39. The molecule has 6 rings (SSSR count). The predicted molar refractivity (Wildman–Crippen MR) is 160 cm³/mol. The largest absolute Gasteiger partial charge is 0.312 e. The van der Waals surface area contributed by atoms with Gasteiger partial charge in [0, 0.05) is 60.6 Å². The molecule has 0 saturated heterocycles. The molecule has 2 aliphatic rings. The monoisotopic (exact) mass is 558 g/mol. The molecule has 0 bridgehead atoms. The molecular formula is C34H30N4O4. The maximum Gasteiger partial charge on any atom is 0.256 e. The average Bonchev–Trinajstić information content (AvgIpc) is 3.43. The van der Waals surface area contributed by atoms with Gasteiger partial charge in [0.15, 0.2) is 0 Å². The van der Waals surface area contributed by atoms with Crippen LogP contribution in [-0.2, 0) is 9.59 Å². The Kier molecular flexibility index (Phi) is 7.04. The molecule has 0 spiro atoms. The standard InChI is InChI=1S/C34H30N4O4/c1-23(39)37(25-13-5-3-6-14-25)31-27-17-9-11-19-29(27)33(41)35(31)21-22-36-32(28-18-10-12-20-30(28)34(36)42)38(24(2)40)26-15-7-4-8-16-26/h3-20,31-32H,21-22H2,1-2H3/t31-,32-/m0/s1. The third-order valence-electron chi connectivity index (χ3n) is 7.87. The fourth-order valence-electron chi connectivity index (χ4n) is 6.09. The van der Waals surface area contributed by atoms with Gasteiger partial charge in [0.05, 0.1) is 0 Å². The number of rotatable bonds is 7. The molecule has 2 heterocycles. The van der Waals surface area contributed by atoms with Crippen LogP contribution in [0.2, 0.25) is 0 Å². The summed E-state index contributed by atoms with van der Waals surface area (Å²) in [5.41, 5.74) is 3.82. The molecule has 0 N–H and O–H groups in total. The second-order valence-electron chi connectivity index (χ2n) is 10.4. The number of hydrogen-bond donors (Lipinski definition) is 0. The van der Waals surface area contributed by atoms with Gasteiger partial charge < -0.3 is 9.80 Å². The van der Waals surface area contributed by atoms with Crippen LogP contribution in [0.25, 0.3) is 0 Å². The van der Waals surface area contributed by atoms with Crippen molar-refractivity contribution in [1.29, 1.82) is 0 Å². The summed E-state index contributed by atoms with van der Waals surface area (Å²) in [6, 6.07) is 33.1. The first-order valence-electron chi connectivity index (χ1n) is 13.9. The van der Waals surface area contributed by atoms with Gasteiger partial charge in [0.25, 0.3) is 11.8 Å². The number of fused-ring (bicyclic) bond motifs is 2. The van der Waals surface area contributed by atoms with Crippen LogP contribution in [0.5, 0.6) is 0 Å². The van der Waals surface area contributed by atoms with E-state index in [2.05, 4.69) is 0 Å². The van der Waals surface area contributed by atoms with Crippen LogP contribution in [0.1, 0.15) is 58.0 Å². The van der Waals surface area contributed by atoms with E-state index < -0.39 is 12.3 Å². The highest BCUT2D eigenvalue weighted by molar-refractivity contribution is 6.04. The van der Waals surface area contributed by atoms with Crippen molar-refractivity contribution in [1.82, 2.24) is 9.80 Å². The molecule has 8 heteroatoms. The maximum absolute atomic E-state index is 13.8. The molecule has 2 atom stereocenters. The maximum atomic E-state index is 13.8. The highest BCUT2D eigenvalue weighted by Crippen LogP contribution is 2.41. The summed E-state index contributed by atoms with van der Waals surface area (Å²) in [6.07, 6.45) is -1.38. The molecule has 0 aliphatic carbocycles. The highest BCUT2D eigenvalue weighted by Gasteiger charge is 2.45. The Hall–Kier alpha value is -5.24. The number of anilines is 2. The van der Waals surface area contributed by atoms with Gasteiger partial charge in [-0.2, -0.15) is 0 Å². The summed E-state index contributed by atoms with van der Waals surface area (Å²) in [6.45, 7) is 3.26. The van der Waals surface area contributed by atoms with E-state index >= 15 is 0 Å². The van der Waals surface area contributed by atoms with Gasteiger partial charge in [-0.25, -0.2) is 0 Å². The number of carbonyl (C=O) groups excluding carboxylic acids is 4. The third-order valence-corrected chi connectivity index (χ3v) is 7.87. The lowest BCUT2D eigenvalue weighted by atomic mass is 10.1. The van der Waals surface area contributed by atoms with E-state index in [4.69, 9.17) is 0 Å². The summed E-state index contributed by atoms with van der Waals surface area (Å²) >= 11 is 0. The molecule has 8 nitrogen and oxygen atoms in total. The van der Waals surface area contributed by atoms with Gasteiger partial charge in [0.2, 0.25) is 11.8 Å². The number of benzene rings is 4. The van der Waals surface area contributed by atoms with Crippen molar-refractivity contribution in [2.45, 2.75) is 26.2 Å². The number of carbonyl (C=O) groups is 4. The first-order chi connectivity index (χ1) is 20.4. The van der Waals surface area contributed by atoms with Gasteiger partial charge in [-0.3, -0.25) is 29.0 Å². The minimum absolute atomic E-state index is 0.144. The first kappa shape index (κ1) is 27.0. The van der Waals surface area contributed by atoms with Gasteiger partial charge in [-0.05, 0) is 36.4 Å². The minimum atomic E-state index is -0.690. The van der Waals surface area contributed by atoms with Crippen molar-refractivity contribution in [2.24, 2.45) is 0 Å². The van der Waals surface area contributed by atoms with E-state index in [1.54, 1.807) is 43.9 Å². The molecule has 42 heavy (non-hydrogen) atoms. The van der Waals surface area contributed by atoms with Crippen LogP contribution in [0.3, 0.4) is 0 Å². The van der Waals surface area contributed by atoms with Crippen LogP contribution in [0.15, 0.2) is 109 Å². The van der Waals surface area contributed by atoms with E-state index in [0.29, 0.717) is 22.5 Å². The third kappa shape index (κ3) is 4.51. The summed E-state index contributed by atoms with van der Waals surface area (Å²) in [4.78, 5) is 60.4. The predicted octanol–water partition coefficient (Wildman–Crippen LogP) is 5.40. The molecular weight excluding hydrogens is 528 g/mol. The highest BCUT2D eigenvalue weighted by atomic mass is 16.2. The molecule has 2 aliphatic heterocycles. The van der Waals surface area contributed by atoms with E-state index in [0.717, 1.165) is 11.1 Å². The molecule has 0 fully saturated rings. The fraction of sp³-hybridized carbons (Fsp3) is 0.176. The van der Waals surface area contributed by atoms with Crippen LogP contribution >= 0.6 is 0 Å². The zero-order valence-corrected chi connectivity index (χ0v) is 23.4. The number of amides is 4. The van der Waals surface area contributed by atoms with Crippen molar-refractivity contribution >= 4 is 35.0 Å². The molecule has 4 aromatic rings. The number of nitrogens with zero attached hydrogens (tertiary/aromatic N) is 4. The van der Waals surface area contributed by atoms with Crippen LogP contribution in [0, 0.1) is 0 Å². The zero-order valence-electron chi connectivity index (χ0n) is 23.4. The van der Waals surface area contributed by atoms with Gasteiger partial charge in [-0.15, -0.1) is 0 Å². The van der Waals surface area contributed by atoms with Crippen molar-refractivity contribution in [2.75, 3.05) is 22.9 Å². The van der Waals surface area contributed by atoms with Gasteiger partial charge in [0.1, 0.15) is 12.3 Å². The normalized spacial score (nSPS) is 17.2. The molecule has 0 saturated carbocycles. The lowest BCUT2D eigenvalue weighted by Gasteiger charge is -2.38. The van der Waals surface area contributed by atoms with E-state index in [-0.39, 0.29) is 36.7 Å². The first-order valence-corrected chi connectivity index (χ1v) is 13.9. The lowest BCUT2D eigenvalue weighted by molar-refractivity contribution is -0.118. The average molecular weight is 559 g/mol. The quantitative estimate of drug-likeness (QED) is 0.304.